The van der Waals surface area contributed by atoms with Crippen LogP contribution in [-0.2, 0) is 9.59 Å². The molecule has 5 nitrogen and oxygen atoms in total. The first-order valence-corrected chi connectivity index (χ1v) is 8.92. The fourth-order valence-electron chi connectivity index (χ4n) is 2.15. The lowest BCUT2D eigenvalue weighted by Crippen LogP contribution is -2.26. The van der Waals surface area contributed by atoms with Crippen LogP contribution in [0.1, 0.15) is 44.7 Å². The van der Waals surface area contributed by atoms with Crippen molar-refractivity contribution in [1.29, 1.82) is 0 Å². The van der Waals surface area contributed by atoms with E-state index in [0.717, 1.165) is 11.4 Å². The zero-order valence-electron chi connectivity index (χ0n) is 14.3. The Morgan fingerprint density at radius 2 is 1.92 bits per heavy atom. The summed E-state index contributed by atoms with van der Waals surface area (Å²) in [6.45, 7) is 4.13. The number of hydrogen-bond acceptors (Lipinski definition) is 4. The Kier molecular flexibility index (Phi) is 6.49. The summed E-state index contributed by atoms with van der Waals surface area (Å²) in [7, 11) is 1.75. The first kappa shape index (κ1) is 18.1. The Labute approximate surface area is 146 Å². The molecule has 1 aromatic heterocycles. The molecular weight excluding hydrogens is 322 g/mol. The monoisotopic (exact) mass is 345 g/mol. The van der Waals surface area contributed by atoms with E-state index in [4.69, 9.17) is 0 Å². The maximum Gasteiger partial charge on any atom is 0.226 e. The summed E-state index contributed by atoms with van der Waals surface area (Å²) in [6, 6.07) is 9.48. The minimum absolute atomic E-state index is 0.00495. The van der Waals surface area contributed by atoms with E-state index in [1.807, 2.05) is 35.7 Å². The van der Waals surface area contributed by atoms with E-state index in [9.17, 15) is 9.59 Å². The number of thiazole rings is 1. The van der Waals surface area contributed by atoms with Gasteiger partial charge in [-0.15, -0.1) is 11.3 Å². The van der Waals surface area contributed by atoms with E-state index in [1.165, 1.54) is 11.3 Å². The second-order valence-corrected chi connectivity index (χ2v) is 6.78. The lowest BCUT2D eigenvalue weighted by Gasteiger charge is -2.17. The number of anilines is 2. The molecule has 6 heteroatoms. The van der Waals surface area contributed by atoms with Gasteiger partial charge in [-0.3, -0.25) is 9.59 Å². The van der Waals surface area contributed by atoms with Crippen LogP contribution >= 0.6 is 11.3 Å². The van der Waals surface area contributed by atoms with Crippen LogP contribution in [0, 0.1) is 0 Å². The van der Waals surface area contributed by atoms with Crippen molar-refractivity contribution in [3.05, 3.63) is 41.4 Å². The summed E-state index contributed by atoms with van der Waals surface area (Å²) in [4.78, 5) is 30.1. The fourth-order valence-corrected chi connectivity index (χ4v) is 3.04. The summed E-state index contributed by atoms with van der Waals surface area (Å²) >= 11 is 1.43. The molecule has 0 saturated carbocycles. The Bertz CT molecular complexity index is 683. The lowest BCUT2D eigenvalue weighted by molar-refractivity contribution is -0.118. The topological polar surface area (TPSA) is 62.3 Å². The quantitative estimate of drug-likeness (QED) is 0.824. The van der Waals surface area contributed by atoms with Crippen LogP contribution in [0.3, 0.4) is 0 Å². The highest BCUT2D eigenvalue weighted by atomic mass is 32.1. The third-order valence-electron chi connectivity index (χ3n) is 3.67. The molecule has 0 unspecified atom stereocenters. The van der Waals surface area contributed by atoms with Gasteiger partial charge in [-0.2, -0.15) is 0 Å². The van der Waals surface area contributed by atoms with E-state index in [-0.39, 0.29) is 11.8 Å². The number of rotatable bonds is 7. The molecule has 1 aromatic carbocycles. The molecular formula is C18H23N3O2S. The molecule has 0 aliphatic rings. The van der Waals surface area contributed by atoms with Gasteiger partial charge < -0.3 is 10.2 Å². The molecule has 2 amide bonds. The zero-order chi connectivity index (χ0) is 17.5. The number of carbonyl (C=O) groups excluding carboxylic acids is 2. The van der Waals surface area contributed by atoms with Gasteiger partial charge in [0.25, 0.3) is 0 Å². The molecule has 24 heavy (non-hydrogen) atoms. The second-order valence-electron chi connectivity index (χ2n) is 5.92. The van der Waals surface area contributed by atoms with Crippen LogP contribution in [0.5, 0.6) is 0 Å². The third-order valence-corrected chi connectivity index (χ3v) is 4.45. The van der Waals surface area contributed by atoms with Gasteiger partial charge in [-0.25, -0.2) is 4.98 Å². The van der Waals surface area contributed by atoms with E-state index in [0.29, 0.717) is 30.3 Å². The molecule has 0 saturated heterocycles. The van der Waals surface area contributed by atoms with Gasteiger partial charge in [0.15, 0.2) is 5.13 Å². The Morgan fingerprint density at radius 1 is 1.21 bits per heavy atom. The molecule has 0 bridgehead atoms. The van der Waals surface area contributed by atoms with Crippen molar-refractivity contribution in [2.45, 2.75) is 39.0 Å². The first-order chi connectivity index (χ1) is 11.5. The van der Waals surface area contributed by atoms with Gasteiger partial charge in [0, 0.05) is 31.0 Å². The number of para-hydroxylation sites is 1. The number of amides is 2. The zero-order valence-corrected chi connectivity index (χ0v) is 15.1. The van der Waals surface area contributed by atoms with Gasteiger partial charge in [0.2, 0.25) is 11.8 Å². The van der Waals surface area contributed by atoms with Crippen LogP contribution in [0.2, 0.25) is 0 Å². The van der Waals surface area contributed by atoms with Crippen molar-refractivity contribution in [2.75, 3.05) is 17.3 Å². The molecule has 0 atom stereocenters. The summed E-state index contributed by atoms with van der Waals surface area (Å²) in [6.07, 6.45) is 1.17. The van der Waals surface area contributed by atoms with Gasteiger partial charge in [-0.1, -0.05) is 32.0 Å². The fraction of sp³-hybridized carbons (Fsp3) is 0.389. The summed E-state index contributed by atoms with van der Waals surface area (Å²) < 4.78 is 0. The van der Waals surface area contributed by atoms with Crippen molar-refractivity contribution in [3.63, 3.8) is 0 Å². The normalized spacial score (nSPS) is 10.7. The van der Waals surface area contributed by atoms with E-state index >= 15 is 0 Å². The Balaban J connectivity index is 1.74. The molecule has 2 rings (SSSR count). The Hall–Kier alpha value is -2.21. The number of carbonyl (C=O) groups is 2. The van der Waals surface area contributed by atoms with Crippen molar-refractivity contribution >= 4 is 34.0 Å². The lowest BCUT2D eigenvalue weighted by atomic mass is 10.2. The molecule has 1 heterocycles. The maximum absolute atomic E-state index is 12.1. The van der Waals surface area contributed by atoms with Crippen molar-refractivity contribution in [3.8, 4) is 0 Å². The summed E-state index contributed by atoms with van der Waals surface area (Å²) in [5.74, 6) is 0.248. The minimum Gasteiger partial charge on any atom is -0.316 e. The molecule has 0 fully saturated rings. The summed E-state index contributed by atoms with van der Waals surface area (Å²) in [5.41, 5.74) is 1.84. The third kappa shape index (κ3) is 5.16. The van der Waals surface area contributed by atoms with Crippen LogP contribution in [0.25, 0.3) is 0 Å². The largest absolute Gasteiger partial charge is 0.316 e. The highest BCUT2D eigenvalue weighted by molar-refractivity contribution is 7.13. The van der Waals surface area contributed by atoms with Gasteiger partial charge in [-0.05, 0) is 24.5 Å². The second kappa shape index (κ2) is 8.59. The SMILES string of the molecule is CC(C)c1csc(NC(=O)CCCC(=O)N(C)c2ccccc2)n1. The molecule has 128 valence electrons. The average Bonchev–Trinajstić information content (AvgIpc) is 3.03. The van der Waals surface area contributed by atoms with Crippen molar-refractivity contribution < 1.29 is 9.59 Å². The van der Waals surface area contributed by atoms with Crippen LogP contribution in [-0.4, -0.2) is 23.8 Å². The van der Waals surface area contributed by atoms with Crippen molar-refractivity contribution in [1.82, 2.24) is 4.98 Å². The van der Waals surface area contributed by atoms with E-state index in [1.54, 1.807) is 11.9 Å². The number of nitrogens with zero attached hydrogens (tertiary/aromatic N) is 2. The van der Waals surface area contributed by atoms with E-state index in [2.05, 4.69) is 24.1 Å². The maximum atomic E-state index is 12.1. The summed E-state index contributed by atoms with van der Waals surface area (Å²) in [5, 5.41) is 5.37. The number of benzene rings is 1. The van der Waals surface area contributed by atoms with Gasteiger partial charge >= 0.3 is 0 Å². The number of aromatic nitrogens is 1. The molecule has 0 aliphatic carbocycles. The molecule has 0 spiro atoms. The first-order valence-electron chi connectivity index (χ1n) is 8.04. The standard InChI is InChI=1S/C18H23N3O2S/c1-13(2)15-12-24-18(19-15)20-16(22)10-7-11-17(23)21(3)14-8-5-4-6-9-14/h4-6,8-9,12-13H,7,10-11H2,1-3H3,(H,19,20,22). The van der Waals surface area contributed by atoms with Crippen molar-refractivity contribution in [2.24, 2.45) is 0 Å². The predicted octanol–water partition coefficient (Wildman–Crippen LogP) is 4.04. The molecule has 2 aromatic rings. The highest BCUT2D eigenvalue weighted by Crippen LogP contribution is 2.21. The van der Waals surface area contributed by atoms with Crippen LogP contribution < -0.4 is 10.2 Å². The van der Waals surface area contributed by atoms with Gasteiger partial charge in [0.1, 0.15) is 0 Å². The van der Waals surface area contributed by atoms with Crippen LogP contribution in [0.4, 0.5) is 10.8 Å². The Morgan fingerprint density at radius 3 is 2.54 bits per heavy atom. The molecule has 1 N–H and O–H groups in total. The van der Waals surface area contributed by atoms with Crippen LogP contribution in [0.15, 0.2) is 35.7 Å². The number of hydrogen-bond donors (Lipinski definition) is 1. The van der Waals surface area contributed by atoms with Gasteiger partial charge in [0.05, 0.1) is 5.69 Å². The highest BCUT2D eigenvalue weighted by Gasteiger charge is 2.12. The molecule has 0 radical (unpaired) electrons. The minimum atomic E-state index is -0.102. The predicted molar refractivity (Wildman–Crippen MR) is 98.5 cm³/mol. The number of nitrogens with one attached hydrogen (secondary N) is 1. The average molecular weight is 345 g/mol. The van der Waals surface area contributed by atoms with E-state index < -0.39 is 0 Å². The molecule has 0 aliphatic heterocycles. The smallest absolute Gasteiger partial charge is 0.226 e.